The molecule has 2 N–H and O–H groups in total. The molecule has 0 saturated carbocycles. The molecule has 0 radical (unpaired) electrons. The molecule has 0 aliphatic carbocycles. The summed E-state index contributed by atoms with van der Waals surface area (Å²) < 4.78 is 24.4. The molecule has 8 heteroatoms. The molecule has 1 aliphatic heterocycles. The van der Waals surface area contributed by atoms with Crippen molar-refractivity contribution in [2.75, 3.05) is 19.0 Å². The van der Waals surface area contributed by atoms with Gasteiger partial charge in [-0.2, -0.15) is 0 Å². The summed E-state index contributed by atoms with van der Waals surface area (Å²) in [4.78, 5) is 24.5. The third-order valence-electron chi connectivity index (χ3n) is 3.32. The van der Waals surface area contributed by atoms with E-state index < -0.39 is 17.6 Å². The summed E-state index contributed by atoms with van der Waals surface area (Å²) in [5, 5.41) is 0. The Morgan fingerprint density at radius 2 is 1.80 bits per heavy atom. The van der Waals surface area contributed by atoms with Gasteiger partial charge in [0, 0.05) is 4.90 Å². The van der Waals surface area contributed by atoms with E-state index >= 15 is 0 Å². The summed E-state index contributed by atoms with van der Waals surface area (Å²) in [5.41, 5.74) is 4.31. The first-order valence-electron chi connectivity index (χ1n) is 7.49. The van der Waals surface area contributed by atoms with E-state index in [4.69, 9.17) is 9.47 Å². The van der Waals surface area contributed by atoms with Gasteiger partial charge < -0.3 is 9.47 Å². The molecular formula is C17H15FN2O4S. The van der Waals surface area contributed by atoms with Crippen LogP contribution in [-0.4, -0.2) is 30.8 Å². The first-order valence-corrected chi connectivity index (χ1v) is 8.48. The monoisotopic (exact) mass is 362 g/mol. The summed E-state index contributed by atoms with van der Waals surface area (Å²) >= 11 is 1.28. The van der Waals surface area contributed by atoms with E-state index in [1.165, 1.54) is 36.0 Å². The second kappa shape index (κ2) is 7.89. The van der Waals surface area contributed by atoms with Crippen molar-refractivity contribution in [2.45, 2.75) is 4.90 Å². The van der Waals surface area contributed by atoms with Gasteiger partial charge in [0.1, 0.15) is 19.0 Å². The first-order chi connectivity index (χ1) is 12.1. The number of hydrazine groups is 1. The topological polar surface area (TPSA) is 76.7 Å². The molecule has 0 fully saturated rings. The van der Waals surface area contributed by atoms with Crippen LogP contribution in [0.3, 0.4) is 0 Å². The largest absolute Gasteiger partial charge is 0.486 e. The van der Waals surface area contributed by atoms with Gasteiger partial charge in [0.25, 0.3) is 5.91 Å². The normalized spacial score (nSPS) is 12.4. The fraction of sp³-hybridized carbons (Fsp3) is 0.176. The van der Waals surface area contributed by atoms with Crippen molar-refractivity contribution in [1.29, 1.82) is 0 Å². The highest BCUT2D eigenvalue weighted by atomic mass is 32.2. The van der Waals surface area contributed by atoms with Crippen LogP contribution in [-0.2, 0) is 4.79 Å². The molecule has 0 unspecified atom stereocenters. The Labute approximate surface area is 147 Å². The molecule has 0 atom stereocenters. The van der Waals surface area contributed by atoms with Crippen molar-refractivity contribution in [2.24, 2.45) is 0 Å². The molecule has 1 heterocycles. The van der Waals surface area contributed by atoms with Crippen LogP contribution >= 0.6 is 11.8 Å². The van der Waals surface area contributed by atoms with E-state index in [0.717, 1.165) is 4.90 Å². The van der Waals surface area contributed by atoms with Crippen LogP contribution in [0.2, 0.25) is 0 Å². The molecule has 6 nitrogen and oxygen atoms in total. The summed E-state index contributed by atoms with van der Waals surface area (Å²) in [5.74, 6) is -0.376. The Balaban J connectivity index is 1.48. The second-order valence-electron chi connectivity index (χ2n) is 5.08. The van der Waals surface area contributed by atoms with Crippen molar-refractivity contribution in [3.63, 3.8) is 0 Å². The third kappa shape index (κ3) is 4.42. The number of rotatable bonds is 4. The zero-order chi connectivity index (χ0) is 17.6. The zero-order valence-electron chi connectivity index (χ0n) is 13.1. The highest BCUT2D eigenvalue weighted by molar-refractivity contribution is 8.00. The SMILES string of the molecule is O=C(CSc1ccc2c(c1)OCCO2)NNC(=O)c1ccccc1F. The summed E-state index contributed by atoms with van der Waals surface area (Å²) in [6, 6.07) is 10.9. The number of thioether (sulfide) groups is 1. The Hall–Kier alpha value is -2.74. The lowest BCUT2D eigenvalue weighted by molar-refractivity contribution is -0.119. The minimum Gasteiger partial charge on any atom is -0.486 e. The van der Waals surface area contributed by atoms with Gasteiger partial charge >= 0.3 is 0 Å². The maximum absolute atomic E-state index is 13.5. The summed E-state index contributed by atoms with van der Waals surface area (Å²) in [6.45, 7) is 1.01. The summed E-state index contributed by atoms with van der Waals surface area (Å²) in [7, 11) is 0. The number of hydrogen-bond donors (Lipinski definition) is 2. The van der Waals surface area contributed by atoms with Gasteiger partial charge in [0.2, 0.25) is 5.91 Å². The molecule has 2 amide bonds. The number of amides is 2. The van der Waals surface area contributed by atoms with Crippen LogP contribution in [0.1, 0.15) is 10.4 Å². The predicted molar refractivity (Wildman–Crippen MR) is 90.2 cm³/mol. The molecule has 0 saturated heterocycles. The van der Waals surface area contributed by atoms with Gasteiger partial charge in [-0.05, 0) is 30.3 Å². The maximum atomic E-state index is 13.5. The minimum absolute atomic E-state index is 0.0806. The Bertz CT molecular complexity index is 800. The number of carbonyl (C=O) groups is 2. The fourth-order valence-electron chi connectivity index (χ4n) is 2.14. The van der Waals surface area contributed by atoms with Gasteiger partial charge in [-0.15, -0.1) is 11.8 Å². The van der Waals surface area contributed by atoms with Gasteiger partial charge in [-0.1, -0.05) is 12.1 Å². The lowest BCUT2D eigenvalue weighted by Gasteiger charge is -2.18. The molecule has 0 aromatic heterocycles. The highest BCUT2D eigenvalue weighted by Gasteiger charge is 2.14. The lowest BCUT2D eigenvalue weighted by Crippen LogP contribution is -2.42. The number of halogens is 1. The number of fused-ring (bicyclic) bond motifs is 1. The quantitative estimate of drug-likeness (QED) is 0.644. The molecule has 2 aromatic rings. The van der Waals surface area contributed by atoms with Gasteiger partial charge in [0.05, 0.1) is 11.3 Å². The smallest absolute Gasteiger partial charge is 0.272 e. The highest BCUT2D eigenvalue weighted by Crippen LogP contribution is 2.34. The standard InChI is InChI=1S/C17H15FN2O4S/c18-13-4-2-1-3-12(13)17(22)20-19-16(21)10-25-11-5-6-14-15(9-11)24-8-7-23-14/h1-6,9H,7-8,10H2,(H,19,21)(H,20,22). The van der Waals surface area contributed by atoms with Crippen LogP contribution < -0.4 is 20.3 Å². The first kappa shape index (κ1) is 17.1. The molecule has 1 aliphatic rings. The average molecular weight is 362 g/mol. The molecule has 0 spiro atoms. The molecule has 3 rings (SSSR count). The van der Waals surface area contributed by atoms with Crippen LogP contribution in [0.25, 0.3) is 0 Å². The predicted octanol–water partition coefficient (Wildman–Crippen LogP) is 2.15. The van der Waals surface area contributed by atoms with Crippen molar-refractivity contribution >= 4 is 23.6 Å². The Kier molecular flexibility index (Phi) is 5.39. The minimum atomic E-state index is -0.712. The van der Waals surface area contributed by atoms with Crippen molar-refractivity contribution < 1.29 is 23.5 Å². The average Bonchev–Trinajstić information content (AvgIpc) is 2.64. The number of hydrogen-bond acceptors (Lipinski definition) is 5. The van der Waals surface area contributed by atoms with Crippen LogP contribution in [0.5, 0.6) is 11.5 Å². The molecule has 130 valence electrons. The van der Waals surface area contributed by atoms with Crippen molar-refractivity contribution in [1.82, 2.24) is 10.9 Å². The maximum Gasteiger partial charge on any atom is 0.272 e. The van der Waals surface area contributed by atoms with E-state index in [2.05, 4.69) is 10.9 Å². The van der Waals surface area contributed by atoms with Crippen LogP contribution in [0.4, 0.5) is 4.39 Å². The number of ether oxygens (including phenoxy) is 2. The van der Waals surface area contributed by atoms with Gasteiger partial charge in [-0.3, -0.25) is 20.4 Å². The fourth-order valence-corrected chi connectivity index (χ4v) is 2.86. The van der Waals surface area contributed by atoms with E-state index in [1.54, 1.807) is 12.1 Å². The summed E-state index contributed by atoms with van der Waals surface area (Å²) in [6.07, 6.45) is 0. The van der Waals surface area contributed by atoms with Crippen LogP contribution in [0.15, 0.2) is 47.4 Å². The molecule has 25 heavy (non-hydrogen) atoms. The Morgan fingerprint density at radius 3 is 2.60 bits per heavy atom. The number of nitrogens with one attached hydrogen (secondary N) is 2. The number of carbonyl (C=O) groups excluding carboxylic acids is 2. The van der Waals surface area contributed by atoms with E-state index in [0.29, 0.717) is 24.7 Å². The van der Waals surface area contributed by atoms with E-state index in [9.17, 15) is 14.0 Å². The van der Waals surface area contributed by atoms with Crippen molar-refractivity contribution in [3.8, 4) is 11.5 Å². The van der Waals surface area contributed by atoms with Gasteiger partial charge in [0.15, 0.2) is 11.5 Å². The third-order valence-corrected chi connectivity index (χ3v) is 4.31. The van der Waals surface area contributed by atoms with E-state index in [1.807, 2.05) is 6.07 Å². The Morgan fingerprint density at radius 1 is 1.04 bits per heavy atom. The molecular weight excluding hydrogens is 347 g/mol. The second-order valence-corrected chi connectivity index (χ2v) is 6.13. The molecule has 2 aromatic carbocycles. The molecule has 0 bridgehead atoms. The van der Waals surface area contributed by atoms with E-state index in [-0.39, 0.29) is 11.3 Å². The van der Waals surface area contributed by atoms with Crippen LogP contribution in [0, 0.1) is 5.82 Å². The van der Waals surface area contributed by atoms with Gasteiger partial charge in [-0.25, -0.2) is 4.39 Å². The lowest BCUT2D eigenvalue weighted by atomic mass is 10.2. The van der Waals surface area contributed by atoms with Crippen molar-refractivity contribution in [3.05, 3.63) is 53.8 Å². The zero-order valence-corrected chi connectivity index (χ0v) is 13.9. The number of benzene rings is 2.